The average Bonchev–Trinajstić information content (AvgIpc) is 3.03. The van der Waals surface area contributed by atoms with Gasteiger partial charge in [-0.25, -0.2) is 0 Å². The second-order valence-corrected chi connectivity index (χ2v) is 6.25. The highest BCUT2D eigenvalue weighted by Gasteiger charge is 2.12. The number of anilines is 1. The first-order chi connectivity index (χ1) is 11.6. The Labute approximate surface area is 148 Å². The lowest BCUT2D eigenvalue weighted by molar-refractivity contribution is 0.0992. The molecular weight excluding hydrogens is 370 g/mol. The van der Waals surface area contributed by atoms with Crippen LogP contribution in [0, 0.1) is 6.92 Å². The van der Waals surface area contributed by atoms with Crippen molar-refractivity contribution < 1.29 is 13.9 Å². The Morgan fingerprint density at radius 3 is 2.67 bits per heavy atom. The molecule has 0 unspecified atom stereocenters. The largest absolute Gasteiger partial charge is 0.486 e. The highest BCUT2D eigenvalue weighted by molar-refractivity contribution is 9.10. The molecule has 122 valence electrons. The summed E-state index contributed by atoms with van der Waals surface area (Å²) in [5.74, 6) is 1.30. The second kappa shape index (κ2) is 7.36. The van der Waals surface area contributed by atoms with Gasteiger partial charge >= 0.3 is 0 Å². The number of halogens is 1. The Morgan fingerprint density at radius 2 is 1.92 bits per heavy atom. The molecule has 0 atom stereocenters. The summed E-state index contributed by atoms with van der Waals surface area (Å²) in [5, 5.41) is 2.79. The third-order valence-corrected chi connectivity index (χ3v) is 3.86. The van der Waals surface area contributed by atoms with Crippen LogP contribution in [0.15, 0.2) is 69.6 Å². The first-order valence-corrected chi connectivity index (χ1v) is 8.24. The summed E-state index contributed by atoms with van der Waals surface area (Å²) in [6.45, 7) is 2.29. The number of benzene rings is 2. The molecule has 0 bridgehead atoms. The molecule has 0 saturated heterocycles. The van der Waals surface area contributed by atoms with Gasteiger partial charge in [0.1, 0.15) is 18.1 Å². The van der Waals surface area contributed by atoms with Crippen molar-refractivity contribution in [2.45, 2.75) is 13.5 Å². The van der Waals surface area contributed by atoms with E-state index >= 15 is 0 Å². The predicted octanol–water partition coefficient (Wildman–Crippen LogP) is 5.18. The molecule has 0 saturated carbocycles. The number of amides is 1. The van der Waals surface area contributed by atoms with Crippen molar-refractivity contribution in [2.24, 2.45) is 0 Å². The zero-order chi connectivity index (χ0) is 16.9. The van der Waals surface area contributed by atoms with Gasteiger partial charge in [0.25, 0.3) is 5.91 Å². The maximum absolute atomic E-state index is 12.2. The minimum atomic E-state index is -0.297. The van der Waals surface area contributed by atoms with Crippen LogP contribution in [-0.2, 0) is 6.61 Å². The number of rotatable bonds is 5. The number of aryl methyl sites for hydroxylation is 1. The van der Waals surface area contributed by atoms with Crippen LogP contribution in [0.1, 0.15) is 21.9 Å². The van der Waals surface area contributed by atoms with Gasteiger partial charge < -0.3 is 14.5 Å². The van der Waals surface area contributed by atoms with Gasteiger partial charge in [-0.3, -0.25) is 4.79 Å². The van der Waals surface area contributed by atoms with Gasteiger partial charge in [0.05, 0.1) is 0 Å². The van der Waals surface area contributed by atoms with Gasteiger partial charge in [-0.05, 0) is 49.4 Å². The summed E-state index contributed by atoms with van der Waals surface area (Å²) >= 11 is 3.37. The van der Waals surface area contributed by atoms with Crippen LogP contribution in [0.3, 0.4) is 0 Å². The molecule has 0 spiro atoms. The van der Waals surface area contributed by atoms with E-state index in [-0.39, 0.29) is 18.3 Å². The summed E-state index contributed by atoms with van der Waals surface area (Å²) in [6.07, 6.45) is 0. The summed E-state index contributed by atoms with van der Waals surface area (Å²) < 4.78 is 12.1. The van der Waals surface area contributed by atoms with Gasteiger partial charge in [-0.1, -0.05) is 39.7 Å². The molecule has 2 aromatic carbocycles. The fourth-order valence-electron chi connectivity index (χ4n) is 2.13. The maximum atomic E-state index is 12.2. The van der Waals surface area contributed by atoms with Crippen LogP contribution >= 0.6 is 15.9 Å². The smallest absolute Gasteiger partial charge is 0.291 e. The van der Waals surface area contributed by atoms with Crippen molar-refractivity contribution in [3.8, 4) is 5.75 Å². The second-order valence-electron chi connectivity index (χ2n) is 5.33. The van der Waals surface area contributed by atoms with Crippen LogP contribution in [0.2, 0.25) is 0 Å². The number of furan rings is 1. The van der Waals surface area contributed by atoms with Gasteiger partial charge in [0.15, 0.2) is 5.76 Å². The van der Waals surface area contributed by atoms with Crippen molar-refractivity contribution in [2.75, 3.05) is 5.32 Å². The zero-order valence-electron chi connectivity index (χ0n) is 13.1. The van der Waals surface area contributed by atoms with Gasteiger partial charge in [0.2, 0.25) is 0 Å². The number of hydrogen-bond acceptors (Lipinski definition) is 3. The highest BCUT2D eigenvalue weighted by Crippen LogP contribution is 2.18. The van der Waals surface area contributed by atoms with E-state index in [0.29, 0.717) is 11.4 Å². The Morgan fingerprint density at radius 1 is 1.12 bits per heavy atom. The number of hydrogen-bond donors (Lipinski definition) is 1. The third-order valence-electron chi connectivity index (χ3n) is 3.37. The fraction of sp³-hybridized carbons (Fsp3) is 0.105. The average molecular weight is 386 g/mol. The monoisotopic (exact) mass is 385 g/mol. The van der Waals surface area contributed by atoms with Crippen molar-refractivity contribution in [1.82, 2.24) is 0 Å². The lowest BCUT2D eigenvalue weighted by Gasteiger charge is -2.05. The molecule has 0 aliphatic rings. The molecule has 3 aromatic rings. The Kier molecular flexibility index (Phi) is 5.01. The molecule has 1 heterocycles. The highest BCUT2D eigenvalue weighted by atomic mass is 79.9. The first kappa shape index (κ1) is 16.3. The van der Waals surface area contributed by atoms with E-state index in [9.17, 15) is 4.79 Å². The van der Waals surface area contributed by atoms with E-state index in [4.69, 9.17) is 9.15 Å². The van der Waals surface area contributed by atoms with E-state index in [1.165, 1.54) is 5.56 Å². The summed E-state index contributed by atoms with van der Waals surface area (Å²) in [7, 11) is 0. The van der Waals surface area contributed by atoms with Gasteiger partial charge in [-0.15, -0.1) is 0 Å². The maximum Gasteiger partial charge on any atom is 0.291 e. The Bertz CT molecular complexity index is 840. The quantitative estimate of drug-likeness (QED) is 0.657. The van der Waals surface area contributed by atoms with Crippen molar-refractivity contribution >= 4 is 27.5 Å². The fourth-order valence-corrected chi connectivity index (χ4v) is 2.52. The first-order valence-electron chi connectivity index (χ1n) is 7.45. The molecule has 4 nitrogen and oxygen atoms in total. The van der Waals surface area contributed by atoms with E-state index in [1.807, 2.05) is 55.5 Å². The number of carbonyl (C=O) groups is 1. The summed E-state index contributed by atoms with van der Waals surface area (Å²) in [5.41, 5.74) is 1.87. The number of ether oxygens (including phenoxy) is 1. The molecule has 3 rings (SSSR count). The summed E-state index contributed by atoms with van der Waals surface area (Å²) in [4.78, 5) is 12.2. The molecule has 1 amide bonds. The summed E-state index contributed by atoms with van der Waals surface area (Å²) in [6, 6.07) is 18.5. The normalized spacial score (nSPS) is 10.4. The molecule has 0 fully saturated rings. The molecule has 5 heteroatoms. The molecule has 0 aliphatic carbocycles. The van der Waals surface area contributed by atoms with Crippen LogP contribution in [-0.4, -0.2) is 5.91 Å². The van der Waals surface area contributed by atoms with Crippen molar-refractivity contribution in [3.05, 3.63) is 82.2 Å². The number of carbonyl (C=O) groups excluding carboxylic acids is 1. The molecular formula is C19H16BrNO3. The minimum Gasteiger partial charge on any atom is -0.486 e. The topological polar surface area (TPSA) is 51.5 Å². The number of nitrogens with one attached hydrogen (secondary N) is 1. The van der Waals surface area contributed by atoms with Gasteiger partial charge in [-0.2, -0.15) is 0 Å². The lowest BCUT2D eigenvalue weighted by atomic mass is 10.2. The minimum absolute atomic E-state index is 0.248. The van der Waals surface area contributed by atoms with E-state index < -0.39 is 0 Å². The lowest BCUT2D eigenvalue weighted by Crippen LogP contribution is -2.10. The van der Waals surface area contributed by atoms with E-state index in [0.717, 1.165) is 10.2 Å². The predicted molar refractivity (Wildman–Crippen MR) is 96.3 cm³/mol. The van der Waals surface area contributed by atoms with Crippen LogP contribution < -0.4 is 10.1 Å². The molecule has 24 heavy (non-hydrogen) atoms. The van der Waals surface area contributed by atoms with E-state index in [2.05, 4.69) is 21.2 Å². The van der Waals surface area contributed by atoms with Crippen molar-refractivity contribution in [1.29, 1.82) is 0 Å². The third kappa shape index (κ3) is 4.26. The molecule has 0 aliphatic heterocycles. The molecule has 1 N–H and O–H groups in total. The molecule has 0 radical (unpaired) electrons. The van der Waals surface area contributed by atoms with Crippen molar-refractivity contribution in [3.63, 3.8) is 0 Å². The Hall–Kier alpha value is -2.53. The van der Waals surface area contributed by atoms with Crippen LogP contribution in [0.25, 0.3) is 0 Å². The van der Waals surface area contributed by atoms with E-state index in [1.54, 1.807) is 12.1 Å². The zero-order valence-corrected chi connectivity index (χ0v) is 14.7. The van der Waals surface area contributed by atoms with Crippen LogP contribution in [0.5, 0.6) is 5.75 Å². The van der Waals surface area contributed by atoms with Crippen LogP contribution in [0.4, 0.5) is 5.69 Å². The van der Waals surface area contributed by atoms with Gasteiger partial charge in [0, 0.05) is 10.2 Å². The molecule has 1 aromatic heterocycles. The SMILES string of the molecule is Cc1ccc(OCc2ccc(C(=O)Nc3cccc(Br)c3)o2)cc1. The Balaban J connectivity index is 1.60. The standard InChI is InChI=1S/C19H16BrNO3/c1-13-5-7-16(8-6-13)23-12-17-9-10-18(24-17)19(22)21-15-4-2-3-14(20)11-15/h2-11H,12H2,1H3,(H,21,22).